The number of carboxylic acids is 1. The lowest BCUT2D eigenvalue weighted by molar-refractivity contribution is -0.142. The molecule has 2 aliphatic rings. The quantitative estimate of drug-likeness (QED) is 0.556. The minimum atomic E-state index is -1.05. The molecular weight excluding hydrogens is 408 g/mol. The highest BCUT2D eigenvalue weighted by molar-refractivity contribution is 5.89. The van der Waals surface area contributed by atoms with Crippen molar-refractivity contribution in [2.75, 3.05) is 6.61 Å². The topological polar surface area (TPSA) is 105 Å². The van der Waals surface area contributed by atoms with Gasteiger partial charge in [0.1, 0.15) is 18.7 Å². The lowest BCUT2D eigenvalue weighted by atomic mass is 9.98. The number of alkyl carbamates (subject to hydrolysis) is 1. The number of benzene rings is 2. The molecule has 1 fully saturated rings. The van der Waals surface area contributed by atoms with Crippen LogP contribution in [-0.2, 0) is 14.3 Å². The van der Waals surface area contributed by atoms with Crippen molar-refractivity contribution in [3.05, 3.63) is 59.7 Å². The van der Waals surface area contributed by atoms with Gasteiger partial charge >= 0.3 is 12.1 Å². The predicted octanol–water partition coefficient (Wildman–Crippen LogP) is 3.67. The van der Waals surface area contributed by atoms with Crippen LogP contribution in [0.3, 0.4) is 0 Å². The van der Waals surface area contributed by atoms with Crippen molar-refractivity contribution in [1.82, 2.24) is 10.6 Å². The summed E-state index contributed by atoms with van der Waals surface area (Å²) in [5, 5.41) is 14.5. The standard InChI is InChI=1S/C25H28N2O5/c1-2-21(23(28)26-22(24(29)30)13-15-11-12-15)27-25(31)32-14-20-18-9-5-3-7-16(18)17-8-4-6-10-19(17)20/h3-10,15,20-22H,2,11-14H2,1H3,(H,26,28)(H,27,31)(H,29,30). The number of ether oxygens (including phenoxy) is 1. The van der Waals surface area contributed by atoms with Gasteiger partial charge in [-0.15, -0.1) is 0 Å². The molecule has 0 aromatic heterocycles. The first kappa shape index (κ1) is 21.9. The molecule has 2 atom stereocenters. The average molecular weight is 437 g/mol. The van der Waals surface area contributed by atoms with E-state index >= 15 is 0 Å². The maximum atomic E-state index is 12.6. The zero-order chi connectivity index (χ0) is 22.7. The van der Waals surface area contributed by atoms with Gasteiger partial charge in [-0.2, -0.15) is 0 Å². The van der Waals surface area contributed by atoms with E-state index in [0.29, 0.717) is 18.8 Å². The molecule has 2 aromatic carbocycles. The molecule has 0 aliphatic heterocycles. The van der Waals surface area contributed by atoms with Crippen molar-refractivity contribution < 1.29 is 24.2 Å². The third kappa shape index (κ3) is 4.77. The van der Waals surface area contributed by atoms with E-state index < -0.39 is 30.1 Å². The van der Waals surface area contributed by atoms with Crippen molar-refractivity contribution in [2.24, 2.45) is 5.92 Å². The molecule has 2 aromatic rings. The summed E-state index contributed by atoms with van der Waals surface area (Å²) in [6.45, 7) is 1.90. The molecule has 0 saturated heterocycles. The normalized spacial score (nSPS) is 16.4. The Bertz CT molecular complexity index is 971. The van der Waals surface area contributed by atoms with E-state index in [-0.39, 0.29) is 12.5 Å². The Morgan fingerprint density at radius 3 is 2.09 bits per heavy atom. The van der Waals surface area contributed by atoms with Gasteiger partial charge in [0.25, 0.3) is 0 Å². The molecule has 0 heterocycles. The summed E-state index contributed by atoms with van der Waals surface area (Å²) in [7, 11) is 0. The van der Waals surface area contributed by atoms with Crippen LogP contribution in [0.2, 0.25) is 0 Å². The number of hydrogen-bond acceptors (Lipinski definition) is 4. The molecule has 1 saturated carbocycles. The summed E-state index contributed by atoms with van der Waals surface area (Å²) in [5.41, 5.74) is 4.49. The van der Waals surface area contributed by atoms with E-state index in [0.717, 1.165) is 35.1 Å². The molecule has 7 nitrogen and oxygen atoms in total. The molecule has 2 amide bonds. The molecule has 0 bridgehead atoms. The van der Waals surface area contributed by atoms with Gasteiger partial charge in [-0.25, -0.2) is 9.59 Å². The minimum absolute atomic E-state index is 0.0722. The monoisotopic (exact) mass is 436 g/mol. The van der Waals surface area contributed by atoms with E-state index in [9.17, 15) is 19.5 Å². The van der Waals surface area contributed by atoms with Gasteiger partial charge in [0, 0.05) is 5.92 Å². The van der Waals surface area contributed by atoms with Crippen LogP contribution in [0.5, 0.6) is 0 Å². The zero-order valence-corrected chi connectivity index (χ0v) is 18.0. The number of carboxylic acid groups (broad SMARTS) is 1. The molecule has 0 spiro atoms. The summed E-state index contributed by atoms with van der Waals surface area (Å²) in [6.07, 6.45) is 2.04. The SMILES string of the molecule is CCC(NC(=O)OCC1c2ccccc2-c2ccccc21)C(=O)NC(CC1CC1)C(=O)O. The summed E-state index contributed by atoms with van der Waals surface area (Å²) in [5.74, 6) is -1.28. The summed E-state index contributed by atoms with van der Waals surface area (Å²) >= 11 is 0. The lowest BCUT2D eigenvalue weighted by Gasteiger charge is -2.21. The fourth-order valence-electron chi connectivity index (χ4n) is 4.32. The highest BCUT2D eigenvalue weighted by atomic mass is 16.5. The van der Waals surface area contributed by atoms with Crippen molar-refractivity contribution in [1.29, 1.82) is 0 Å². The fourth-order valence-corrected chi connectivity index (χ4v) is 4.32. The van der Waals surface area contributed by atoms with Crippen LogP contribution < -0.4 is 10.6 Å². The van der Waals surface area contributed by atoms with E-state index in [4.69, 9.17) is 4.74 Å². The second-order valence-electron chi connectivity index (χ2n) is 8.51. The minimum Gasteiger partial charge on any atom is -0.480 e. The van der Waals surface area contributed by atoms with Crippen LogP contribution in [0.4, 0.5) is 4.79 Å². The lowest BCUT2D eigenvalue weighted by Crippen LogP contribution is -2.51. The van der Waals surface area contributed by atoms with Gasteiger partial charge in [0.05, 0.1) is 0 Å². The van der Waals surface area contributed by atoms with Crippen LogP contribution in [0.1, 0.15) is 49.7 Å². The average Bonchev–Trinajstić information content (AvgIpc) is 3.56. The van der Waals surface area contributed by atoms with E-state index in [1.165, 1.54) is 0 Å². The smallest absolute Gasteiger partial charge is 0.407 e. The summed E-state index contributed by atoms with van der Waals surface area (Å²) in [6, 6.07) is 14.3. The largest absolute Gasteiger partial charge is 0.480 e. The summed E-state index contributed by atoms with van der Waals surface area (Å²) in [4.78, 5) is 36.5. The van der Waals surface area contributed by atoms with Crippen LogP contribution in [-0.4, -0.2) is 41.8 Å². The maximum absolute atomic E-state index is 12.6. The number of rotatable bonds is 9. The van der Waals surface area contributed by atoms with Crippen LogP contribution >= 0.6 is 0 Å². The molecular formula is C25H28N2O5. The Balaban J connectivity index is 1.35. The van der Waals surface area contributed by atoms with Crippen molar-refractivity contribution in [3.8, 4) is 11.1 Å². The molecule has 4 rings (SSSR count). The second kappa shape index (κ2) is 9.42. The molecule has 3 N–H and O–H groups in total. The highest BCUT2D eigenvalue weighted by Crippen LogP contribution is 2.44. The zero-order valence-electron chi connectivity index (χ0n) is 18.0. The Labute approximate surface area is 187 Å². The van der Waals surface area contributed by atoms with Gasteiger partial charge in [-0.3, -0.25) is 4.79 Å². The molecule has 2 unspecified atom stereocenters. The fraction of sp³-hybridized carbons (Fsp3) is 0.400. The number of fused-ring (bicyclic) bond motifs is 3. The van der Waals surface area contributed by atoms with Crippen LogP contribution in [0.15, 0.2) is 48.5 Å². The molecule has 32 heavy (non-hydrogen) atoms. The number of aliphatic carboxylic acids is 1. The predicted molar refractivity (Wildman–Crippen MR) is 119 cm³/mol. The number of amides is 2. The van der Waals surface area contributed by atoms with Crippen LogP contribution in [0, 0.1) is 5.92 Å². The van der Waals surface area contributed by atoms with Crippen molar-refractivity contribution in [2.45, 2.75) is 50.6 Å². The Morgan fingerprint density at radius 2 is 1.56 bits per heavy atom. The first-order chi connectivity index (χ1) is 15.5. The summed E-state index contributed by atoms with van der Waals surface area (Å²) < 4.78 is 5.50. The van der Waals surface area contributed by atoms with Crippen molar-refractivity contribution >= 4 is 18.0 Å². The number of hydrogen-bond donors (Lipinski definition) is 3. The Morgan fingerprint density at radius 1 is 0.969 bits per heavy atom. The van der Waals surface area contributed by atoms with Gasteiger partial charge < -0.3 is 20.5 Å². The van der Waals surface area contributed by atoms with Gasteiger partial charge in [-0.05, 0) is 41.0 Å². The highest BCUT2D eigenvalue weighted by Gasteiger charge is 2.33. The second-order valence-corrected chi connectivity index (χ2v) is 8.51. The van der Waals surface area contributed by atoms with E-state index in [2.05, 4.69) is 22.8 Å². The maximum Gasteiger partial charge on any atom is 0.407 e. The molecule has 168 valence electrons. The number of nitrogens with one attached hydrogen (secondary N) is 2. The van der Waals surface area contributed by atoms with E-state index in [1.807, 2.05) is 36.4 Å². The Hall–Kier alpha value is -3.35. The van der Waals surface area contributed by atoms with Gasteiger partial charge in [-0.1, -0.05) is 68.3 Å². The first-order valence-electron chi connectivity index (χ1n) is 11.1. The molecule has 0 radical (unpaired) electrons. The third-order valence-electron chi connectivity index (χ3n) is 6.24. The number of carbonyl (C=O) groups excluding carboxylic acids is 2. The van der Waals surface area contributed by atoms with Crippen molar-refractivity contribution in [3.63, 3.8) is 0 Å². The first-order valence-corrected chi connectivity index (χ1v) is 11.1. The molecule has 7 heteroatoms. The van der Waals surface area contributed by atoms with Crippen LogP contribution in [0.25, 0.3) is 11.1 Å². The van der Waals surface area contributed by atoms with E-state index in [1.54, 1.807) is 6.92 Å². The molecule has 2 aliphatic carbocycles. The van der Waals surface area contributed by atoms with Gasteiger partial charge in [0.15, 0.2) is 0 Å². The number of carbonyl (C=O) groups is 3. The third-order valence-corrected chi connectivity index (χ3v) is 6.24. The van der Waals surface area contributed by atoms with Gasteiger partial charge in [0.2, 0.25) is 5.91 Å². The Kier molecular flexibility index (Phi) is 6.44.